The number of fused-ring (bicyclic) bond motifs is 1. The van der Waals surface area contributed by atoms with Gasteiger partial charge in [-0.3, -0.25) is 14.0 Å². The molecule has 2 aromatic carbocycles. The Balaban J connectivity index is 1.10. The lowest BCUT2D eigenvalue weighted by molar-refractivity contribution is -0.119. The number of nitrogens with zero attached hydrogens (tertiary/aromatic N) is 4. The number of methoxy groups -OCH3 is 1. The van der Waals surface area contributed by atoms with Crippen molar-refractivity contribution in [1.29, 1.82) is 0 Å². The van der Waals surface area contributed by atoms with Crippen molar-refractivity contribution in [3.8, 4) is 39.4 Å². The third-order valence-electron chi connectivity index (χ3n) is 9.01. The smallest absolute Gasteiger partial charge is 0.262 e. The maximum atomic E-state index is 13.3. The van der Waals surface area contributed by atoms with Crippen LogP contribution in [0.1, 0.15) is 29.7 Å². The van der Waals surface area contributed by atoms with Crippen LogP contribution < -0.4 is 26.2 Å². The molecule has 7 rings (SSSR count). The fraction of sp³-hybridized carbons (Fsp3) is 0.237. The van der Waals surface area contributed by atoms with Crippen LogP contribution in [-0.4, -0.2) is 56.5 Å². The Morgan fingerprint density at radius 1 is 0.922 bits per heavy atom. The van der Waals surface area contributed by atoms with Crippen molar-refractivity contribution >= 4 is 34.8 Å². The number of aromatic amines is 1. The van der Waals surface area contributed by atoms with E-state index < -0.39 is 0 Å². The number of nitrogens with one attached hydrogen (secondary N) is 4. The van der Waals surface area contributed by atoms with Crippen LogP contribution in [-0.2, 0) is 24.3 Å². The summed E-state index contributed by atoms with van der Waals surface area (Å²) in [5.74, 6) is 0.590. The maximum absolute atomic E-state index is 13.3. The number of amides is 1. The first-order chi connectivity index (χ1) is 24.9. The first-order valence-electron chi connectivity index (χ1n) is 16.7. The van der Waals surface area contributed by atoms with E-state index in [1.807, 2.05) is 66.9 Å². The van der Waals surface area contributed by atoms with Crippen LogP contribution in [0, 0.1) is 0 Å². The first-order valence-corrected chi connectivity index (χ1v) is 17.5. The summed E-state index contributed by atoms with van der Waals surface area (Å²) < 4.78 is 7.19. The van der Waals surface area contributed by atoms with Crippen LogP contribution in [0.2, 0.25) is 10.0 Å². The molecule has 0 spiro atoms. The predicted octanol–water partition coefficient (Wildman–Crippen LogP) is 5.83. The van der Waals surface area contributed by atoms with Crippen molar-refractivity contribution in [3.63, 3.8) is 0 Å². The molecule has 6 aromatic rings. The highest BCUT2D eigenvalue weighted by molar-refractivity contribution is 6.39. The molecule has 0 unspecified atom stereocenters. The molecule has 51 heavy (non-hydrogen) atoms. The van der Waals surface area contributed by atoms with Crippen LogP contribution >= 0.6 is 23.2 Å². The number of carbonyl (C=O) groups is 1. The summed E-state index contributed by atoms with van der Waals surface area (Å²) >= 11 is 14.2. The van der Waals surface area contributed by atoms with Crippen LogP contribution in [0.4, 0.5) is 0 Å². The fourth-order valence-electron chi connectivity index (χ4n) is 6.31. The van der Waals surface area contributed by atoms with Gasteiger partial charge in [-0.1, -0.05) is 65.7 Å². The largest absolute Gasteiger partial charge is 0.481 e. The summed E-state index contributed by atoms with van der Waals surface area (Å²) in [5, 5.41) is 10.7. The molecule has 0 bridgehead atoms. The minimum atomic E-state index is -0.129. The minimum absolute atomic E-state index is 0.0952. The predicted molar refractivity (Wildman–Crippen MR) is 199 cm³/mol. The molecule has 260 valence electrons. The lowest BCUT2D eigenvalue weighted by Crippen LogP contribution is -2.35. The Morgan fingerprint density at radius 3 is 2.43 bits per heavy atom. The van der Waals surface area contributed by atoms with Gasteiger partial charge in [0.25, 0.3) is 5.56 Å². The number of H-pyrrole nitrogens is 1. The van der Waals surface area contributed by atoms with E-state index in [-0.39, 0.29) is 17.5 Å². The second-order valence-corrected chi connectivity index (χ2v) is 13.1. The fourth-order valence-corrected chi connectivity index (χ4v) is 6.97. The van der Waals surface area contributed by atoms with Crippen molar-refractivity contribution < 1.29 is 9.53 Å². The molecule has 0 radical (unpaired) electrons. The van der Waals surface area contributed by atoms with Gasteiger partial charge < -0.3 is 25.7 Å². The Bertz CT molecular complexity index is 2260. The van der Waals surface area contributed by atoms with Crippen molar-refractivity contribution in [3.05, 3.63) is 123 Å². The summed E-state index contributed by atoms with van der Waals surface area (Å²) in [4.78, 5) is 41.3. The van der Waals surface area contributed by atoms with E-state index in [1.165, 1.54) is 0 Å². The summed E-state index contributed by atoms with van der Waals surface area (Å²) in [6.45, 7) is 2.31. The van der Waals surface area contributed by atoms with Gasteiger partial charge in [-0.05, 0) is 30.2 Å². The highest BCUT2D eigenvalue weighted by atomic mass is 35.5. The number of hydrogen-bond acceptors (Lipinski definition) is 8. The number of ether oxygens (including phenoxy) is 1. The van der Waals surface area contributed by atoms with Gasteiger partial charge in [0, 0.05) is 97.0 Å². The molecule has 0 saturated carbocycles. The van der Waals surface area contributed by atoms with Crippen LogP contribution in [0.25, 0.3) is 39.2 Å². The topological polar surface area (TPSA) is 138 Å². The van der Waals surface area contributed by atoms with Gasteiger partial charge in [-0.15, -0.1) is 0 Å². The van der Waals surface area contributed by atoms with Crippen molar-refractivity contribution in [2.45, 2.75) is 38.4 Å². The lowest BCUT2D eigenvalue weighted by atomic mass is 9.97. The summed E-state index contributed by atoms with van der Waals surface area (Å²) in [7, 11) is 1.59. The van der Waals surface area contributed by atoms with Gasteiger partial charge in [0.2, 0.25) is 11.8 Å². The summed E-state index contributed by atoms with van der Waals surface area (Å²) in [5.41, 5.74) is 7.34. The van der Waals surface area contributed by atoms with E-state index >= 15 is 0 Å². The van der Waals surface area contributed by atoms with Crippen molar-refractivity contribution in [2.75, 3.05) is 20.2 Å². The number of halogens is 2. The molecule has 11 nitrogen and oxygen atoms in total. The lowest BCUT2D eigenvalue weighted by Gasteiger charge is -2.16. The standard InChI is InChI=1S/C38H36Cl2N8O3/c1-51-37-24(17-42-21-27-9-11-34(49)46-27)8-10-32(47-37)31-7-3-6-30(36(31)40)29-5-2-4-28(35(29)39)23-13-15-48-33(16-23)44-19-25(38(48)50)18-41-14-12-26-20-43-22-45-26/h2-8,10,13,15-16,19-20,22,27,41-42H,9,11-12,14,17-18,21H2,1H3,(H,43,45)(H,46,49)/t27-/m1/s1. The third-order valence-corrected chi connectivity index (χ3v) is 9.82. The Hall–Kier alpha value is -5.07. The number of aromatic nitrogens is 5. The SMILES string of the molecule is COc1nc(-c2cccc(-c3cccc(-c4ccn5c(=O)c(CNCCc6c[nH]cn6)cnc5c4)c3Cl)c2Cl)ccc1CNC[C@H]1CCC(=O)N1. The van der Waals surface area contributed by atoms with E-state index in [0.717, 1.165) is 51.9 Å². The Morgan fingerprint density at radius 2 is 1.69 bits per heavy atom. The number of hydrogen-bond donors (Lipinski definition) is 4. The summed E-state index contributed by atoms with van der Waals surface area (Å²) in [6.07, 6.45) is 9.02. The second-order valence-electron chi connectivity index (χ2n) is 12.4. The van der Waals surface area contributed by atoms with E-state index in [1.54, 1.807) is 30.2 Å². The molecule has 13 heteroatoms. The number of carbonyl (C=O) groups excluding carboxylic acids is 1. The van der Waals surface area contributed by atoms with E-state index in [9.17, 15) is 9.59 Å². The van der Waals surface area contributed by atoms with Crippen LogP contribution in [0.5, 0.6) is 5.88 Å². The van der Waals surface area contributed by atoms with E-state index in [0.29, 0.717) is 65.4 Å². The van der Waals surface area contributed by atoms with Gasteiger partial charge in [0.1, 0.15) is 5.65 Å². The zero-order chi connectivity index (χ0) is 35.3. The molecule has 1 saturated heterocycles. The second kappa shape index (κ2) is 15.4. The van der Waals surface area contributed by atoms with Crippen molar-refractivity contribution in [2.24, 2.45) is 0 Å². The molecule has 1 amide bonds. The maximum Gasteiger partial charge on any atom is 0.262 e. The molecule has 4 aromatic heterocycles. The van der Waals surface area contributed by atoms with Gasteiger partial charge in [0.05, 0.1) is 34.9 Å². The van der Waals surface area contributed by atoms with Crippen LogP contribution in [0.15, 0.2) is 90.4 Å². The molecule has 4 N–H and O–H groups in total. The summed E-state index contributed by atoms with van der Waals surface area (Å²) in [6, 6.07) is 19.3. The number of benzene rings is 2. The van der Waals surface area contributed by atoms with E-state index in [4.69, 9.17) is 32.9 Å². The average Bonchev–Trinajstić information content (AvgIpc) is 3.83. The van der Waals surface area contributed by atoms with Gasteiger partial charge in [-0.2, -0.15) is 0 Å². The third kappa shape index (κ3) is 7.52. The molecule has 0 aliphatic carbocycles. The Labute approximate surface area is 304 Å². The zero-order valence-electron chi connectivity index (χ0n) is 27.9. The van der Waals surface area contributed by atoms with Gasteiger partial charge in [-0.25, -0.2) is 15.0 Å². The van der Waals surface area contributed by atoms with E-state index in [2.05, 4.69) is 30.9 Å². The monoisotopic (exact) mass is 722 g/mol. The molecule has 5 heterocycles. The van der Waals surface area contributed by atoms with Gasteiger partial charge >= 0.3 is 0 Å². The molecular formula is C38H36Cl2N8O3. The molecule has 1 atom stereocenters. The minimum Gasteiger partial charge on any atom is -0.481 e. The molecule has 1 fully saturated rings. The first kappa shape index (κ1) is 34.4. The number of imidazole rings is 1. The molecule has 1 aliphatic rings. The number of rotatable bonds is 13. The van der Waals surface area contributed by atoms with Crippen molar-refractivity contribution in [1.82, 2.24) is 40.3 Å². The normalized spacial score (nSPS) is 14.3. The van der Waals surface area contributed by atoms with Crippen LogP contribution in [0.3, 0.4) is 0 Å². The highest BCUT2D eigenvalue weighted by Crippen LogP contribution is 2.42. The number of pyridine rings is 2. The molecule has 1 aliphatic heterocycles. The van der Waals surface area contributed by atoms with Gasteiger partial charge in [0.15, 0.2) is 0 Å². The zero-order valence-corrected chi connectivity index (χ0v) is 29.4. The molecular weight excluding hydrogens is 687 g/mol. The highest BCUT2D eigenvalue weighted by Gasteiger charge is 2.21. The average molecular weight is 724 g/mol. The Kier molecular flexibility index (Phi) is 10.4. The quantitative estimate of drug-likeness (QED) is 0.109.